The Hall–Kier alpha value is -3.35. The van der Waals surface area contributed by atoms with E-state index in [1.807, 2.05) is 24.3 Å². The Balaban J connectivity index is 1.28. The van der Waals surface area contributed by atoms with Crippen LogP contribution in [-0.4, -0.2) is 35.1 Å². The summed E-state index contributed by atoms with van der Waals surface area (Å²) in [6.07, 6.45) is 1.26. The highest BCUT2D eigenvalue weighted by Gasteiger charge is 2.27. The Morgan fingerprint density at radius 2 is 1.90 bits per heavy atom. The Morgan fingerprint density at radius 1 is 1.14 bits per heavy atom. The average molecular weight is 392 g/mol. The van der Waals surface area contributed by atoms with Gasteiger partial charge in [0, 0.05) is 31.6 Å². The Kier molecular flexibility index (Phi) is 5.46. The second-order valence-electron chi connectivity index (χ2n) is 7.37. The summed E-state index contributed by atoms with van der Waals surface area (Å²) in [5, 5.41) is 11.9. The number of benzene rings is 2. The maximum atomic E-state index is 12.6. The van der Waals surface area contributed by atoms with E-state index in [0.29, 0.717) is 44.1 Å². The maximum absolute atomic E-state index is 12.6. The molecule has 1 fully saturated rings. The molecule has 0 spiro atoms. The summed E-state index contributed by atoms with van der Waals surface area (Å²) in [4.78, 5) is 26.7. The van der Waals surface area contributed by atoms with Gasteiger partial charge in [-0.1, -0.05) is 47.6 Å². The number of aryl methyl sites for hydroxylation is 1. The lowest BCUT2D eigenvalue weighted by Gasteiger charge is -2.31. The summed E-state index contributed by atoms with van der Waals surface area (Å²) in [5.41, 5.74) is 1.09. The van der Waals surface area contributed by atoms with Gasteiger partial charge in [-0.05, 0) is 36.1 Å². The Morgan fingerprint density at radius 3 is 2.66 bits per heavy atom. The molecule has 1 aromatic heterocycles. The van der Waals surface area contributed by atoms with Crippen molar-refractivity contribution in [3.63, 3.8) is 0 Å². The van der Waals surface area contributed by atoms with Gasteiger partial charge in [0.25, 0.3) is 0 Å². The summed E-state index contributed by atoms with van der Waals surface area (Å²) >= 11 is 0. The highest BCUT2D eigenvalue weighted by molar-refractivity contribution is 5.92. The second kappa shape index (κ2) is 8.34. The lowest BCUT2D eigenvalue weighted by Crippen LogP contribution is -2.45. The van der Waals surface area contributed by atoms with Crippen LogP contribution >= 0.6 is 0 Å². The van der Waals surface area contributed by atoms with Crippen LogP contribution in [0.3, 0.4) is 0 Å². The molecule has 0 unspecified atom stereocenters. The van der Waals surface area contributed by atoms with Gasteiger partial charge in [0.05, 0.1) is 0 Å². The minimum absolute atomic E-state index is 0.0749. The van der Waals surface area contributed by atoms with Crippen LogP contribution in [0.1, 0.15) is 24.2 Å². The fourth-order valence-corrected chi connectivity index (χ4v) is 3.73. The molecule has 4 rings (SSSR count). The van der Waals surface area contributed by atoms with Crippen LogP contribution in [-0.2, 0) is 11.3 Å². The second-order valence-corrected chi connectivity index (χ2v) is 7.37. The number of aromatic nitrogens is 1. The molecule has 3 aromatic rings. The van der Waals surface area contributed by atoms with Crippen molar-refractivity contribution in [2.45, 2.75) is 26.3 Å². The first kappa shape index (κ1) is 19.0. The molecule has 0 atom stereocenters. The fourth-order valence-electron chi connectivity index (χ4n) is 3.73. The van der Waals surface area contributed by atoms with E-state index in [4.69, 9.17) is 4.52 Å². The summed E-state index contributed by atoms with van der Waals surface area (Å²) < 4.78 is 4.97. The van der Waals surface area contributed by atoms with E-state index < -0.39 is 0 Å². The van der Waals surface area contributed by atoms with Gasteiger partial charge in [0.1, 0.15) is 5.76 Å². The Bertz CT molecular complexity index is 1020. The molecule has 1 saturated heterocycles. The minimum Gasteiger partial charge on any atom is -0.360 e. The zero-order chi connectivity index (χ0) is 20.2. The van der Waals surface area contributed by atoms with Crippen LogP contribution in [0, 0.1) is 12.8 Å². The standard InChI is InChI=1S/C22H24N4O3/c1-15-13-20(25-29-15)24-21(27)17-9-11-26(12-10-17)22(28)23-14-18-7-4-6-16-5-2-3-8-19(16)18/h2-8,13,17H,9-12,14H2,1H3,(H,23,28)(H,24,25,27). The zero-order valence-electron chi connectivity index (χ0n) is 16.4. The minimum atomic E-state index is -0.130. The van der Waals surface area contributed by atoms with E-state index in [2.05, 4.69) is 34.0 Å². The summed E-state index contributed by atoms with van der Waals surface area (Å²) in [6, 6.07) is 15.8. The number of hydrogen-bond donors (Lipinski definition) is 2. The number of rotatable bonds is 4. The number of carbonyl (C=O) groups is 2. The summed E-state index contributed by atoms with van der Waals surface area (Å²) in [5.74, 6) is 0.879. The first-order valence-corrected chi connectivity index (χ1v) is 9.84. The van der Waals surface area contributed by atoms with Crippen LogP contribution in [0.25, 0.3) is 10.8 Å². The van der Waals surface area contributed by atoms with Gasteiger partial charge in [-0.25, -0.2) is 4.79 Å². The molecule has 29 heavy (non-hydrogen) atoms. The third-order valence-corrected chi connectivity index (χ3v) is 5.34. The zero-order valence-corrected chi connectivity index (χ0v) is 16.4. The first-order valence-electron chi connectivity index (χ1n) is 9.84. The van der Waals surface area contributed by atoms with Crippen molar-refractivity contribution >= 4 is 28.5 Å². The number of piperidine rings is 1. The molecule has 0 bridgehead atoms. The van der Waals surface area contributed by atoms with Crippen molar-refractivity contribution < 1.29 is 14.1 Å². The molecule has 2 N–H and O–H groups in total. The van der Waals surface area contributed by atoms with Gasteiger partial charge in [-0.3, -0.25) is 4.79 Å². The van der Waals surface area contributed by atoms with Crippen LogP contribution in [0.15, 0.2) is 53.1 Å². The predicted octanol–water partition coefficient (Wildman–Crippen LogP) is 3.70. The number of anilines is 1. The maximum Gasteiger partial charge on any atom is 0.317 e. The van der Waals surface area contributed by atoms with Crippen molar-refractivity contribution in [3.8, 4) is 0 Å². The molecule has 1 aliphatic rings. The van der Waals surface area contributed by atoms with E-state index in [9.17, 15) is 9.59 Å². The van der Waals surface area contributed by atoms with Crippen molar-refractivity contribution in [3.05, 3.63) is 59.9 Å². The largest absolute Gasteiger partial charge is 0.360 e. The lowest BCUT2D eigenvalue weighted by molar-refractivity contribution is -0.121. The third kappa shape index (κ3) is 4.39. The molecule has 7 nitrogen and oxygen atoms in total. The van der Waals surface area contributed by atoms with E-state index in [0.717, 1.165) is 16.3 Å². The molecule has 0 saturated carbocycles. The predicted molar refractivity (Wildman–Crippen MR) is 110 cm³/mol. The monoisotopic (exact) mass is 392 g/mol. The topological polar surface area (TPSA) is 87.5 Å². The average Bonchev–Trinajstić information content (AvgIpc) is 3.16. The highest BCUT2D eigenvalue weighted by Crippen LogP contribution is 2.21. The third-order valence-electron chi connectivity index (χ3n) is 5.34. The summed E-state index contributed by atoms with van der Waals surface area (Å²) in [7, 11) is 0. The van der Waals surface area contributed by atoms with Gasteiger partial charge < -0.3 is 20.1 Å². The number of urea groups is 1. The van der Waals surface area contributed by atoms with Gasteiger partial charge in [0.2, 0.25) is 5.91 Å². The number of hydrogen-bond acceptors (Lipinski definition) is 4. The number of amides is 3. The van der Waals surface area contributed by atoms with Gasteiger partial charge in [0.15, 0.2) is 5.82 Å². The number of likely N-dealkylation sites (tertiary alicyclic amines) is 1. The smallest absolute Gasteiger partial charge is 0.317 e. The molecule has 2 aromatic carbocycles. The number of carbonyl (C=O) groups excluding carboxylic acids is 2. The first-order chi connectivity index (χ1) is 14.1. The van der Waals surface area contributed by atoms with E-state index >= 15 is 0 Å². The molecule has 3 amide bonds. The van der Waals surface area contributed by atoms with Crippen molar-refractivity contribution in [2.24, 2.45) is 5.92 Å². The molecule has 1 aliphatic heterocycles. The van der Waals surface area contributed by atoms with Gasteiger partial charge in [-0.15, -0.1) is 0 Å². The Labute approximate surface area is 169 Å². The van der Waals surface area contributed by atoms with Crippen LogP contribution in [0.5, 0.6) is 0 Å². The van der Waals surface area contributed by atoms with E-state index in [-0.39, 0.29) is 17.9 Å². The van der Waals surface area contributed by atoms with Crippen molar-refractivity contribution in [1.29, 1.82) is 0 Å². The quantitative estimate of drug-likeness (QED) is 0.709. The van der Waals surface area contributed by atoms with E-state index in [1.165, 1.54) is 0 Å². The van der Waals surface area contributed by atoms with E-state index in [1.54, 1.807) is 17.9 Å². The summed E-state index contributed by atoms with van der Waals surface area (Å²) in [6.45, 7) is 3.36. The van der Waals surface area contributed by atoms with Crippen molar-refractivity contribution in [1.82, 2.24) is 15.4 Å². The lowest BCUT2D eigenvalue weighted by atomic mass is 9.96. The SMILES string of the molecule is Cc1cc(NC(=O)C2CCN(C(=O)NCc3cccc4ccccc34)CC2)no1. The molecule has 150 valence electrons. The molecule has 7 heteroatoms. The highest BCUT2D eigenvalue weighted by atomic mass is 16.5. The molecular weight excluding hydrogens is 368 g/mol. The number of nitrogens with zero attached hydrogens (tertiary/aromatic N) is 2. The van der Waals surface area contributed by atoms with Crippen LogP contribution < -0.4 is 10.6 Å². The van der Waals surface area contributed by atoms with Gasteiger partial charge >= 0.3 is 6.03 Å². The molecule has 2 heterocycles. The fraction of sp³-hybridized carbons (Fsp3) is 0.318. The molecular formula is C22H24N4O3. The van der Waals surface area contributed by atoms with Crippen molar-refractivity contribution in [2.75, 3.05) is 18.4 Å². The normalized spacial score (nSPS) is 14.7. The van der Waals surface area contributed by atoms with Crippen LogP contribution in [0.4, 0.5) is 10.6 Å². The molecule has 0 aliphatic carbocycles. The number of fused-ring (bicyclic) bond motifs is 1. The van der Waals surface area contributed by atoms with Gasteiger partial charge in [-0.2, -0.15) is 0 Å². The number of nitrogens with one attached hydrogen (secondary N) is 2. The van der Waals surface area contributed by atoms with Crippen LogP contribution in [0.2, 0.25) is 0 Å². The molecule has 0 radical (unpaired) electrons.